The standard InChI is InChI=1S/C23H29N5O2/c1-6-12-24-21(30)18-14-28(23(3,4)5)19-17(18)13-25-22(26-19)27-20(29)16-10-8-15(7-2)9-11-16/h8-11,13-14H,6-7,12H2,1-5H3,(H,24,30)(H,25,26,27,29). The van der Waals surface area contributed by atoms with Crippen LogP contribution in [-0.2, 0) is 12.0 Å². The highest BCUT2D eigenvalue weighted by Gasteiger charge is 2.23. The second kappa shape index (κ2) is 8.65. The second-order valence-corrected chi connectivity index (χ2v) is 8.27. The minimum atomic E-state index is -0.298. The molecule has 0 spiro atoms. The monoisotopic (exact) mass is 407 g/mol. The van der Waals surface area contributed by atoms with Crippen molar-refractivity contribution < 1.29 is 9.59 Å². The van der Waals surface area contributed by atoms with Crippen molar-refractivity contribution in [1.82, 2.24) is 19.9 Å². The highest BCUT2D eigenvalue weighted by Crippen LogP contribution is 2.27. The zero-order valence-electron chi connectivity index (χ0n) is 18.2. The molecule has 0 aliphatic rings. The Morgan fingerprint density at radius 2 is 1.77 bits per heavy atom. The lowest BCUT2D eigenvalue weighted by Gasteiger charge is -2.22. The normalized spacial score (nSPS) is 11.5. The summed E-state index contributed by atoms with van der Waals surface area (Å²) in [5.74, 6) is -0.218. The van der Waals surface area contributed by atoms with Gasteiger partial charge in [0, 0.05) is 30.0 Å². The van der Waals surface area contributed by atoms with Crippen LogP contribution in [0.2, 0.25) is 0 Å². The largest absolute Gasteiger partial charge is 0.352 e. The third kappa shape index (κ3) is 4.50. The molecule has 0 bridgehead atoms. The maximum Gasteiger partial charge on any atom is 0.258 e. The van der Waals surface area contributed by atoms with Gasteiger partial charge in [-0.3, -0.25) is 14.9 Å². The van der Waals surface area contributed by atoms with Crippen LogP contribution >= 0.6 is 0 Å². The third-order valence-electron chi connectivity index (χ3n) is 4.90. The van der Waals surface area contributed by atoms with Gasteiger partial charge in [-0.2, -0.15) is 4.98 Å². The number of aromatic nitrogens is 3. The summed E-state index contributed by atoms with van der Waals surface area (Å²) < 4.78 is 1.94. The van der Waals surface area contributed by atoms with Crippen molar-refractivity contribution in [2.45, 2.75) is 53.0 Å². The molecule has 0 saturated heterocycles. The molecule has 3 aromatic rings. The zero-order chi connectivity index (χ0) is 21.9. The number of hydrogen-bond donors (Lipinski definition) is 2. The average Bonchev–Trinajstić information content (AvgIpc) is 3.11. The molecule has 0 radical (unpaired) electrons. The molecule has 2 amide bonds. The first-order valence-corrected chi connectivity index (χ1v) is 10.3. The van der Waals surface area contributed by atoms with Gasteiger partial charge in [-0.05, 0) is 51.3 Å². The predicted octanol–water partition coefficient (Wildman–Crippen LogP) is 4.14. The molecule has 30 heavy (non-hydrogen) atoms. The van der Waals surface area contributed by atoms with Gasteiger partial charge < -0.3 is 9.88 Å². The summed E-state index contributed by atoms with van der Waals surface area (Å²) in [4.78, 5) is 34.1. The van der Waals surface area contributed by atoms with Crippen molar-refractivity contribution >= 4 is 28.8 Å². The number of nitrogens with one attached hydrogen (secondary N) is 2. The van der Waals surface area contributed by atoms with Gasteiger partial charge in [0.2, 0.25) is 5.95 Å². The van der Waals surface area contributed by atoms with Gasteiger partial charge >= 0.3 is 0 Å². The summed E-state index contributed by atoms with van der Waals surface area (Å²) in [5.41, 5.74) is 2.55. The van der Waals surface area contributed by atoms with Crippen LogP contribution < -0.4 is 10.6 Å². The lowest BCUT2D eigenvalue weighted by Crippen LogP contribution is -2.24. The van der Waals surface area contributed by atoms with Crippen LogP contribution in [0.3, 0.4) is 0 Å². The Morgan fingerprint density at radius 1 is 1.07 bits per heavy atom. The van der Waals surface area contributed by atoms with E-state index in [4.69, 9.17) is 0 Å². The fourth-order valence-electron chi connectivity index (χ4n) is 3.16. The summed E-state index contributed by atoms with van der Waals surface area (Å²) in [6.07, 6.45) is 5.18. The van der Waals surface area contributed by atoms with Gasteiger partial charge in [-0.1, -0.05) is 26.0 Å². The topological polar surface area (TPSA) is 88.9 Å². The van der Waals surface area contributed by atoms with E-state index in [9.17, 15) is 9.59 Å². The van der Waals surface area contributed by atoms with Crippen LogP contribution in [0, 0.1) is 0 Å². The van der Waals surface area contributed by atoms with Crippen molar-refractivity contribution in [3.63, 3.8) is 0 Å². The maximum atomic E-state index is 12.6. The molecule has 7 nitrogen and oxygen atoms in total. The van der Waals surface area contributed by atoms with E-state index in [-0.39, 0.29) is 23.3 Å². The molecule has 2 aromatic heterocycles. The Balaban J connectivity index is 1.95. The van der Waals surface area contributed by atoms with Gasteiger partial charge in [0.15, 0.2) is 0 Å². The van der Waals surface area contributed by atoms with E-state index in [1.54, 1.807) is 24.5 Å². The van der Waals surface area contributed by atoms with Crippen LogP contribution in [0.15, 0.2) is 36.7 Å². The number of benzene rings is 1. The van der Waals surface area contributed by atoms with E-state index >= 15 is 0 Å². The Labute approximate surface area is 176 Å². The quantitative estimate of drug-likeness (QED) is 0.643. The Hall–Kier alpha value is -3.22. The van der Waals surface area contributed by atoms with Crippen molar-refractivity contribution in [2.75, 3.05) is 11.9 Å². The fraction of sp³-hybridized carbons (Fsp3) is 0.391. The molecule has 7 heteroatoms. The molecular formula is C23H29N5O2. The number of aryl methyl sites for hydroxylation is 1. The van der Waals surface area contributed by atoms with Crippen molar-refractivity contribution in [3.05, 3.63) is 53.3 Å². The highest BCUT2D eigenvalue weighted by molar-refractivity contribution is 6.07. The van der Waals surface area contributed by atoms with Crippen LogP contribution in [0.25, 0.3) is 11.0 Å². The minimum absolute atomic E-state index is 0.152. The molecule has 0 aliphatic carbocycles. The number of amides is 2. The number of rotatable bonds is 6. The number of carbonyl (C=O) groups is 2. The lowest BCUT2D eigenvalue weighted by molar-refractivity contribution is 0.0954. The number of carbonyl (C=O) groups excluding carboxylic acids is 2. The van der Waals surface area contributed by atoms with E-state index in [1.807, 2.05) is 44.4 Å². The second-order valence-electron chi connectivity index (χ2n) is 8.27. The minimum Gasteiger partial charge on any atom is -0.352 e. The maximum absolute atomic E-state index is 12.6. The van der Waals surface area contributed by atoms with Crippen molar-refractivity contribution in [1.29, 1.82) is 0 Å². The van der Waals surface area contributed by atoms with Crippen LogP contribution in [0.5, 0.6) is 0 Å². The number of fused-ring (bicyclic) bond motifs is 1. The predicted molar refractivity (Wildman–Crippen MR) is 119 cm³/mol. The number of anilines is 1. The molecule has 0 unspecified atom stereocenters. The molecule has 158 valence electrons. The average molecular weight is 408 g/mol. The fourth-order valence-corrected chi connectivity index (χ4v) is 3.16. The van der Waals surface area contributed by atoms with E-state index in [1.165, 1.54) is 5.56 Å². The zero-order valence-corrected chi connectivity index (χ0v) is 18.2. The number of hydrogen-bond acceptors (Lipinski definition) is 4. The Kier molecular flexibility index (Phi) is 6.20. The van der Waals surface area contributed by atoms with Gasteiger partial charge in [-0.25, -0.2) is 4.98 Å². The van der Waals surface area contributed by atoms with Gasteiger partial charge in [0.05, 0.1) is 10.9 Å². The van der Waals surface area contributed by atoms with E-state index in [2.05, 4.69) is 27.5 Å². The first-order valence-electron chi connectivity index (χ1n) is 10.3. The first-order chi connectivity index (χ1) is 14.2. The summed E-state index contributed by atoms with van der Waals surface area (Å²) >= 11 is 0. The third-order valence-corrected chi connectivity index (χ3v) is 4.90. The smallest absolute Gasteiger partial charge is 0.258 e. The molecule has 0 aliphatic heterocycles. The van der Waals surface area contributed by atoms with Gasteiger partial charge in [-0.15, -0.1) is 0 Å². The SMILES string of the molecule is CCCNC(=O)c1cn(C(C)(C)C)c2nc(NC(=O)c3ccc(CC)cc3)ncc12. The molecule has 0 saturated carbocycles. The van der Waals surface area contributed by atoms with E-state index in [0.29, 0.717) is 28.7 Å². The summed E-state index contributed by atoms with van der Waals surface area (Å²) in [5, 5.41) is 6.33. The summed E-state index contributed by atoms with van der Waals surface area (Å²) in [7, 11) is 0. The first kappa shape index (κ1) is 21.5. The molecule has 0 atom stereocenters. The molecular weight excluding hydrogens is 378 g/mol. The molecule has 0 fully saturated rings. The Bertz CT molecular complexity index is 1060. The molecule has 1 aromatic carbocycles. The van der Waals surface area contributed by atoms with Crippen LogP contribution in [0.1, 0.15) is 67.3 Å². The molecule has 3 rings (SSSR count). The van der Waals surface area contributed by atoms with E-state index < -0.39 is 0 Å². The van der Waals surface area contributed by atoms with Gasteiger partial charge in [0.1, 0.15) is 5.65 Å². The summed E-state index contributed by atoms with van der Waals surface area (Å²) in [6, 6.07) is 7.46. The van der Waals surface area contributed by atoms with Gasteiger partial charge in [0.25, 0.3) is 11.8 Å². The lowest BCUT2D eigenvalue weighted by atomic mass is 10.1. The van der Waals surface area contributed by atoms with Crippen LogP contribution in [0.4, 0.5) is 5.95 Å². The summed E-state index contributed by atoms with van der Waals surface area (Å²) in [6.45, 7) is 10.8. The molecule has 2 heterocycles. The van der Waals surface area contributed by atoms with Crippen molar-refractivity contribution in [2.24, 2.45) is 0 Å². The van der Waals surface area contributed by atoms with Crippen molar-refractivity contribution in [3.8, 4) is 0 Å². The van der Waals surface area contributed by atoms with E-state index in [0.717, 1.165) is 12.8 Å². The Morgan fingerprint density at radius 3 is 2.37 bits per heavy atom. The highest BCUT2D eigenvalue weighted by atomic mass is 16.2. The van der Waals surface area contributed by atoms with Crippen LogP contribution in [-0.4, -0.2) is 32.9 Å². The number of nitrogens with zero attached hydrogens (tertiary/aromatic N) is 3. The molecule has 2 N–H and O–H groups in total.